The fraction of sp³-hybridized carbons (Fsp3) is 0.364. The Morgan fingerprint density at radius 1 is 1.53 bits per heavy atom. The first-order chi connectivity index (χ1) is 6.81. The summed E-state index contributed by atoms with van der Waals surface area (Å²) in [6.07, 6.45) is 0. The van der Waals surface area contributed by atoms with Crippen molar-refractivity contribution in [3.63, 3.8) is 0 Å². The zero-order valence-electron chi connectivity index (χ0n) is 8.73. The maximum Gasteiger partial charge on any atom is 0.165 e. The Morgan fingerprint density at radius 3 is 2.53 bits per heavy atom. The first-order valence-corrected chi connectivity index (χ1v) is 5.20. The van der Waals surface area contributed by atoms with Gasteiger partial charge in [0.25, 0.3) is 0 Å². The van der Waals surface area contributed by atoms with Crippen LogP contribution in [0.5, 0.6) is 5.75 Å². The van der Waals surface area contributed by atoms with E-state index in [-0.39, 0.29) is 0 Å². The quantitative estimate of drug-likeness (QED) is 0.851. The van der Waals surface area contributed by atoms with Crippen molar-refractivity contribution in [1.82, 2.24) is 0 Å². The van der Waals surface area contributed by atoms with Crippen LogP contribution in [-0.4, -0.2) is 5.11 Å². The maximum atomic E-state index is 13.3. The van der Waals surface area contributed by atoms with Crippen molar-refractivity contribution in [2.75, 3.05) is 0 Å². The minimum Gasteiger partial charge on any atom is -0.505 e. The molecule has 0 saturated heterocycles. The molecule has 1 aromatic carbocycles. The Morgan fingerprint density at radius 2 is 2.07 bits per heavy atom. The van der Waals surface area contributed by atoms with Crippen LogP contribution in [0.4, 0.5) is 4.39 Å². The zero-order chi connectivity index (χ0) is 11.8. The van der Waals surface area contributed by atoms with E-state index in [0.29, 0.717) is 15.6 Å². The molecule has 0 aliphatic rings. The Bertz CT molecular complexity index is 423. The van der Waals surface area contributed by atoms with Crippen molar-refractivity contribution in [1.29, 1.82) is 5.26 Å². The Kier molecular flexibility index (Phi) is 3.05. The second-order valence-electron chi connectivity index (χ2n) is 3.95. The van der Waals surface area contributed by atoms with Gasteiger partial charge in [-0.25, -0.2) is 4.39 Å². The SMILES string of the molecule is Cc1cc(F)c(O)c(C(C)(C)C#N)c1Br. The summed E-state index contributed by atoms with van der Waals surface area (Å²) < 4.78 is 13.9. The third-order valence-electron chi connectivity index (χ3n) is 2.28. The highest BCUT2D eigenvalue weighted by Crippen LogP contribution is 2.39. The Labute approximate surface area is 96.5 Å². The average molecular weight is 272 g/mol. The van der Waals surface area contributed by atoms with Crippen LogP contribution in [0.1, 0.15) is 25.0 Å². The normalized spacial score (nSPS) is 11.2. The molecule has 15 heavy (non-hydrogen) atoms. The third kappa shape index (κ3) is 1.98. The zero-order valence-corrected chi connectivity index (χ0v) is 10.3. The Hall–Kier alpha value is -1.08. The fourth-order valence-corrected chi connectivity index (χ4v) is 2.17. The van der Waals surface area contributed by atoms with Gasteiger partial charge in [-0.1, -0.05) is 15.9 Å². The van der Waals surface area contributed by atoms with Gasteiger partial charge in [-0.05, 0) is 32.4 Å². The average Bonchev–Trinajstić information content (AvgIpc) is 2.15. The Balaban J connectivity index is 3.62. The van der Waals surface area contributed by atoms with Crippen molar-refractivity contribution in [2.45, 2.75) is 26.2 Å². The van der Waals surface area contributed by atoms with E-state index in [9.17, 15) is 9.50 Å². The van der Waals surface area contributed by atoms with E-state index in [1.807, 2.05) is 6.07 Å². The molecule has 2 nitrogen and oxygen atoms in total. The van der Waals surface area contributed by atoms with Crippen LogP contribution in [0.3, 0.4) is 0 Å². The summed E-state index contributed by atoms with van der Waals surface area (Å²) in [6.45, 7) is 4.97. The summed E-state index contributed by atoms with van der Waals surface area (Å²) in [5.41, 5.74) is 0.0154. The van der Waals surface area contributed by atoms with Crippen LogP contribution in [0.2, 0.25) is 0 Å². The van der Waals surface area contributed by atoms with E-state index in [4.69, 9.17) is 5.26 Å². The van der Waals surface area contributed by atoms with Crippen LogP contribution in [0.15, 0.2) is 10.5 Å². The molecule has 0 fully saturated rings. The lowest BCUT2D eigenvalue weighted by molar-refractivity contribution is 0.415. The van der Waals surface area contributed by atoms with Crippen molar-refractivity contribution in [3.8, 4) is 11.8 Å². The van der Waals surface area contributed by atoms with Gasteiger partial charge in [-0.3, -0.25) is 0 Å². The van der Waals surface area contributed by atoms with Gasteiger partial charge in [0.2, 0.25) is 0 Å². The number of halogens is 2. The van der Waals surface area contributed by atoms with Crippen LogP contribution in [0, 0.1) is 24.1 Å². The minimum absolute atomic E-state index is 0.294. The molecule has 0 saturated carbocycles. The lowest BCUT2D eigenvalue weighted by atomic mass is 9.84. The highest BCUT2D eigenvalue weighted by molar-refractivity contribution is 9.10. The number of nitriles is 1. The highest BCUT2D eigenvalue weighted by Gasteiger charge is 2.29. The molecule has 0 amide bonds. The van der Waals surface area contributed by atoms with Gasteiger partial charge in [-0.2, -0.15) is 5.26 Å². The lowest BCUT2D eigenvalue weighted by Crippen LogP contribution is -2.16. The number of aromatic hydroxyl groups is 1. The first-order valence-electron chi connectivity index (χ1n) is 4.40. The number of phenols is 1. The van der Waals surface area contributed by atoms with Gasteiger partial charge in [0.05, 0.1) is 11.5 Å². The number of hydrogen-bond acceptors (Lipinski definition) is 2. The van der Waals surface area contributed by atoms with Crippen molar-refractivity contribution >= 4 is 15.9 Å². The maximum absolute atomic E-state index is 13.3. The lowest BCUT2D eigenvalue weighted by Gasteiger charge is -2.20. The smallest absolute Gasteiger partial charge is 0.165 e. The molecule has 0 aliphatic heterocycles. The minimum atomic E-state index is -0.935. The van der Waals surface area contributed by atoms with Crippen molar-refractivity contribution in [2.24, 2.45) is 0 Å². The van der Waals surface area contributed by atoms with E-state index < -0.39 is 17.0 Å². The summed E-state index contributed by atoms with van der Waals surface area (Å²) in [7, 11) is 0. The number of nitrogens with zero attached hydrogens (tertiary/aromatic N) is 1. The molecule has 0 heterocycles. The van der Waals surface area contributed by atoms with Crippen molar-refractivity contribution < 1.29 is 9.50 Å². The van der Waals surface area contributed by atoms with Gasteiger partial charge in [0.15, 0.2) is 11.6 Å². The third-order valence-corrected chi connectivity index (χ3v) is 3.30. The monoisotopic (exact) mass is 271 g/mol. The van der Waals surface area contributed by atoms with Crippen molar-refractivity contribution in [3.05, 3.63) is 27.5 Å². The number of aryl methyl sites for hydroxylation is 1. The van der Waals surface area contributed by atoms with Gasteiger partial charge in [-0.15, -0.1) is 0 Å². The summed E-state index contributed by atoms with van der Waals surface area (Å²) in [6, 6.07) is 3.27. The molecule has 0 radical (unpaired) electrons. The molecular formula is C11H11BrFNO. The van der Waals surface area contributed by atoms with Crippen LogP contribution in [-0.2, 0) is 5.41 Å². The molecular weight excluding hydrogens is 261 g/mol. The van der Waals surface area contributed by atoms with Gasteiger partial charge in [0.1, 0.15) is 0 Å². The molecule has 1 rings (SSSR count). The van der Waals surface area contributed by atoms with Gasteiger partial charge >= 0.3 is 0 Å². The van der Waals surface area contributed by atoms with E-state index >= 15 is 0 Å². The van der Waals surface area contributed by atoms with E-state index in [1.54, 1.807) is 20.8 Å². The second kappa shape index (κ2) is 3.82. The largest absolute Gasteiger partial charge is 0.505 e. The summed E-state index contributed by atoms with van der Waals surface area (Å²) in [5, 5.41) is 18.6. The van der Waals surface area contributed by atoms with Gasteiger partial charge in [0, 0.05) is 10.0 Å². The van der Waals surface area contributed by atoms with Crippen LogP contribution < -0.4 is 0 Å². The molecule has 1 aromatic rings. The number of hydrogen-bond donors (Lipinski definition) is 1. The fourth-order valence-electron chi connectivity index (χ4n) is 1.37. The van der Waals surface area contributed by atoms with Crippen LogP contribution in [0.25, 0.3) is 0 Å². The molecule has 4 heteroatoms. The topological polar surface area (TPSA) is 44.0 Å². The van der Waals surface area contributed by atoms with E-state index in [1.165, 1.54) is 6.07 Å². The molecule has 0 aromatic heterocycles. The predicted molar refractivity (Wildman–Crippen MR) is 59.1 cm³/mol. The van der Waals surface area contributed by atoms with Crippen LogP contribution >= 0.6 is 15.9 Å². The summed E-state index contributed by atoms with van der Waals surface area (Å²) in [4.78, 5) is 0. The molecule has 0 bridgehead atoms. The molecule has 80 valence electrons. The predicted octanol–water partition coefficient (Wildman–Crippen LogP) is 3.40. The number of benzene rings is 1. The summed E-state index contributed by atoms with van der Waals surface area (Å²) >= 11 is 3.26. The molecule has 0 spiro atoms. The number of rotatable bonds is 1. The molecule has 0 unspecified atom stereocenters. The molecule has 1 N–H and O–H groups in total. The van der Waals surface area contributed by atoms with E-state index in [0.717, 1.165) is 0 Å². The van der Waals surface area contributed by atoms with E-state index in [2.05, 4.69) is 15.9 Å². The summed E-state index contributed by atoms with van der Waals surface area (Å²) in [5.74, 6) is -1.16. The first kappa shape index (κ1) is 12.0. The molecule has 0 atom stereocenters. The number of phenolic OH excluding ortho intramolecular Hbond substituents is 1. The van der Waals surface area contributed by atoms with Gasteiger partial charge < -0.3 is 5.11 Å². The molecule has 0 aliphatic carbocycles. The second-order valence-corrected chi connectivity index (χ2v) is 4.74. The standard InChI is InChI=1S/C11H11BrFNO/c1-6-4-7(13)10(15)8(9(6)12)11(2,3)5-14/h4,15H,1-3H3. The highest BCUT2D eigenvalue weighted by atomic mass is 79.9.